The van der Waals surface area contributed by atoms with Crippen LogP contribution in [0.4, 0.5) is 14.5 Å². The number of carbonyl (C=O) groups excluding carboxylic acids is 1. The van der Waals surface area contributed by atoms with Gasteiger partial charge < -0.3 is 5.32 Å². The van der Waals surface area contributed by atoms with Gasteiger partial charge in [-0.25, -0.2) is 13.8 Å². The predicted octanol–water partition coefficient (Wildman–Crippen LogP) is 7.16. The van der Waals surface area contributed by atoms with E-state index in [-0.39, 0.29) is 17.3 Å². The van der Waals surface area contributed by atoms with E-state index < -0.39 is 11.6 Å². The lowest BCUT2D eigenvalue weighted by molar-refractivity contribution is 0.102. The first-order chi connectivity index (χ1) is 16.4. The zero-order valence-electron chi connectivity index (χ0n) is 18.0. The van der Waals surface area contributed by atoms with Gasteiger partial charge in [-0.15, -0.1) is 0 Å². The molecule has 0 aliphatic heterocycles. The Morgan fingerprint density at radius 3 is 2.53 bits per heavy atom. The molecule has 0 atom stereocenters. The summed E-state index contributed by atoms with van der Waals surface area (Å²) in [7, 11) is 0. The molecule has 5 rings (SSSR count). The maximum atomic E-state index is 14.4. The molecule has 0 bridgehead atoms. The van der Waals surface area contributed by atoms with Crippen molar-refractivity contribution < 1.29 is 13.6 Å². The van der Waals surface area contributed by atoms with Crippen LogP contribution in [0.2, 0.25) is 5.02 Å². The van der Waals surface area contributed by atoms with Gasteiger partial charge in [-0.3, -0.25) is 9.20 Å². The number of amides is 1. The highest BCUT2D eigenvalue weighted by atomic mass is 35.5. The van der Waals surface area contributed by atoms with Crippen LogP contribution >= 0.6 is 11.6 Å². The molecule has 168 valence electrons. The lowest BCUT2D eigenvalue weighted by atomic mass is 10.0. The average molecular weight is 474 g/mol. The van der Waals surface area contributed by atoms with Gasteiger partial charge in [-0.2, -0.15) is 0 Å². The molecule has 0 saturated heterocycles. The average Bonchev–Trinajstić information content (AvgIpc) is 3.27. The molecule has 0 radical (unpaired) electrons. The number of benzene rings is 3. The van der Waals surface area contributed by atoms with Crippen molar-refractivity contribution in [2.75, 3.05) is 5.32 Å². The number of carbonyl (C=O) groups is 1. The summed E-state index contributed by atoms with van der Waals surface area (Å²) in [5.41, 5.74) is 4.30. The number of hydrogen-bond acceptors (Lipinski definition) is 2. The van der Waals surface area contributed by atoms with Crippen molar-refractivity contribution in [1.82, 2.24) is 9.38 Å². The molecule has 0 unspecified atom stereocenters. The van der Waals surface area contributed by atoms with Gasteiger partial charge in [-0.05, 0) is 55.0 Å². The SMILES string of the molecule is Cc1ccc(NC(=O)c2cc(-c3cccn4c(-c5cccc(F)c5F)ncc34)ccc2Cl)cc1. The Hall–Kier alpha value is -4.03. The third kappa shape index (κ3) is 3.93. The largest absolute Gasteiger partial charge is 0.322 e. The Balaban J connectivity index is 1.55. The molecule has 34 heavy (non-hydrogen) atoms. The number of fused-ring (bicyclic) bond motifs is 1. The van der Waals surface area contributed by atoms with Gasteiger partial charge in [-0.1, -0.05) is 47.5 Å². The van der Waals surface area contributed by atoms with Crippen LogP contribution < -0.4 is 5.32 Å². The Bertz CT molecular complexity index is 1540. The van der Waals surface area contributed by atoms with Gasteiger partial charge in [0.15, 0.2) is 11.6 Å². The molecule has 1 amide bonds. The number of nitrogens with zero attached hydrogens (tertiary/aromatic N) is 2. The second-order valence-electron chi connectivity index (χ2n) is 7.88. The van der Waals surface area contributed by atoms with Gasteiger partial charge in [0.2, 0.25) is 0 Å². The highest BCUT2D eigenvalue weighted by Gasteiger charge is 2.18. The van der Waals surface area contributed by atoms with E-state index in [1.165, 1.54) is 12.1 Å². The smallest absolute Gasteiger partial charge is 0.257 e. The normalized spacial score (nSPS) is 11.1. The Kier molecular flexibility index (Phi) is 5.59. The Morgan fingerprint density at radius 2 is 1.74 bits per heavy atom. The third-order valence-electron chi connectivity index (χ3n) is 5.59. The van der Waals surface area contributed by atoms with E-state index in [0.29, 0.717) is 21.8 Å². The van der Waals surface area contributed by atoms with Crippen LogP contribution in [0.1, 0.15) is 15.9 Å². The fourth-order valence-corrected chi connectivity index (χ4v) is 4.05. The zero-order chi connectivity index (χ0) is 23.8. The minimum absolute atomic E-state index is 0.0615. The van der Waals surface area contributed by atoms with Crippen molar-refractivity contribution in [2.24, 2.45) is 0 Å². The standard InChI is InChI=1S/C27H18ClF2N3O/c1-16-7-10-18(11-8-16)32-27(34)21-14-17(9-12-22(21)28)19-5-3-13-33-24(19)15-31-26(33)20-4-2-6-23(29)25(20)30/h2-15H,1H3,(H,32,34). The summed E-state index contributed by atoms with van der Waals surface area (Å²) in [6.07, 6.45) is 3.32. The van der Waals surface area contributed by atoms with Crippen molar-refractivity contribution in [2.45, 2.75) is 6.92 Å². The van der Waals surface area contributed by atoms with E-state index in [1.807, 2.05) is 37.3 Å². The van der Waals surface area contributed by atoms with Crippen LogP contribution in [-0.2, 0) is 0 Å². The summed E-state index contributed by atoms with van der Waals surface area (Å²) in [6.45, 7) is 1.97. The Morgan fingerprint density at radius 1 is 0.971 bits per heavy atom. The van der Waals surface area contributed by atoms with E-state index >= 15 is 0 Å². The van der Waals surface area contributed by atoms with Crippen molar-refractivity contribution in [3.8, 4) is 22.5 Å². The first kappa shape index (κ1) is 21.8. The van der Waals surface area contributed by atoms with E-state index in [2.05, 4.69) is 10.3 Å². The molecule has 0 aliphatic rings. The summed E-state index contributed by atoms with van der Waals surface area (Å²) in [6, 6.07) is 20.3. The lowest BCUT2D eigenvalue weighted by Crippen LogP contribution is -2.12. The summed E-state index contributed by atoms with van der Waals surface area (Å²) in [5.74, 6) is -1.95. The van der Waals surface area contributed by atoms with Crippen molar-refractivity contribution in [3.63, 3.8) is 0 Å². The van der Waals surface area contributed by atoms with Crippen molar-refractivity contribution in [1.29, 1.82) is 0 Å². The van der Waals surface area contributed by atoms with E-state index in [1.54, 1.807) is 41.1 Å². The number of imidazole rings is 1. The van der Waals surface area contributed by atoms with Crippen LogP contribution in [0.15, 0.2) is 85.2 Å². The molecule has 0 saturated carbocycles. The van der Waals surface area contributed by atoms with Gasteiger partial charge in [0, 0.05) is 17.4 Å². The van der Waals surface area contributed by atoms with Gasteiger partial charge in [0.1, 0.15) is 5.82 Å². The number of pyridine rings is 1. The van der Waals surface area contributed by atoms with E-state index in [4.69, 9.17) is 11.6 Å². The van der Waals surface area contributed by atoms with Gasteiger partial charge in [0.05, 0.1) is 27.9 Å². The van der Waals surface area contributed by atoms with Crippen molar-refractivity contribution in [3.05, 3.63) is 113 Å². The monoisotopic (exact) mass is 473 g/mol. The molecule has 0 fully saturated rings. The molecular weight excluding hydrogens is 456 g/mol. The van der Waals surface area contributed by atoms with Gasteiger partial charge >= 0.3 is 0 Å². The molecule has 0 aliphatic carbocycles. The van der Waals surface area contributed by atoms with E-state index in [0.717, 1.165) is 22.8 Å². The zero-order valence-corrected chi connectivity index (χ0v) is 18.8. The minimum atomic E-state index is -0.957. The van der Waals surface area contributed by atoms with Crippen LogP contribution in [0, 0.1) is 18.6 Å². The summed E-state index contributed by atoms with van der Waals surface area (Å²) in [4.78, 5) is 17.3. The molecule has 4 nitrogen and oxygen atoms in total. The number of hydrogen-bond donors (Lipinski definition) is 1. The minimum Gasteiger partial charge on any atom is -0.322 e. The third-order valence-corrected chi connectivity index (χ3v) is 5.92. The highest BCUT2D eigenvalue weighted by molar-refractivity contribution is 6.34. The maximum Gasteiger partial charge on any atom is 0.257 e. The topological polar surface area (TPSA) is 46.4 Å². The van der Waals surface area contributed by atoms with Gasteiger partial charge in [0.25, 0.3) is 5.91 Å². The molecular formula is C27H18ClF2N3O. The second kappa shape index (κ2) is 8.72. The molecule has 3 aromatic carbocycles. The quantitative estimate of drug-likeness (QED) is 0.301. The van der Waals surface area contributed by atoms with Crippen LogP contribution in [-0.4, -0.2) is 15.3 Å². The summed E-state index contributed by atoms with van der Waals surface area (Å²) >= 11 is 6.35. The fourth-order valence-electron chi connectivity index (χ4n) is 3.84. The number of nitrogens with one attached hydrogen (secondary N) is 1. The Labute approximate surface area is 199 Å². The number of anilines is 1. The number of aryl methyl sites for hydroxylation is 1. The van der Waals surface area contributed by atoms with Crippen LogP contribution in [0.5, 0.6) is 0 Å². The molecule has 1 N–H and O–H groups in total. The first-order valence-electron chi connectivity index (χ1n) is 10.5. The first-order valence-corrected chi connectivity index (χ1v) is 10.9. The number of halogens is 3. The summed E-state index contributed by atoms with van der Waals surface area (Å²) < 4.78 is 29.9. The molecule has 7 heteroatoms. The van der Waals surface area contributed by atoms with Crippen molar-refractivity contribution >= 4 is 28.7 Å². The van der Waals surface area contributed by atoms with Crippen LogP contribution in [0.25, 0.3) is 28.0 Å². The predicted molar refractivity (Wildman–Crippen MR) is 130 cm³/mol. The molecule has 5 aromatic rings. The van der Waals surface area contributed by atoms with Crippen LogP contribution in [0.3, 0.4) is 0 Å². The number of aromatic nitrogens is 2. The molecule has 0 spiro atoms. The number of rotatable bonds is 4. The second-order valence-corrected chi connectivity index (χ2v) is 8.28. The van der Waals surface area contributed by atoms with E-state index in [9.17, 15) is 13.6 Å². The molecule has 2 heterocycles. The summed E-state index contributed by atoms with van der Waals surface area (Å²) in [5, 5.41) is 3.18. The highest BCUT2D eigenvalue weighted by Crippen LogP contribution is 2.32. The maximum absolute atomic E-state index is 14.4. The molecule has 2 aromatic heterocycles. The lowest BCUT2D eigenvalue weighted by Gasteiger charge is -2.11. The fraction of sp³-hybridized carbons (Fsp3) is 0.0370.